The highest BCUT2D eigenvalue weighted by molar-refractivity contribution is 6.35. The van der Waals surface area contributed by atoms with Crippen LogP contribution < -0.4 is 5.32 Å². The number of halogens is 2. The number of para-hydroxylation sites is 1. The standard InChI is InChI=1S/C18H14Cl2N2O3/c1-22-9-13(12-4-2-3-5-16(12)22)18(24)25-10-17(23)21-15-8-11(19)6-7-14(15)20/h2-9H,10H2,1H3,(H,21,23). The fraction of sp³-hybridized carbons (Fsp3) is 0.111. The van der Waals surface area contributed by atoms with E-state index < -0.39 is 18.5 Å². The van der Waals surface area contributed by atoms with E-state index in [2.05, 4.69) is 5.32 Å². The highest BCUT2D eigenvalue weighted by Crippen LogP contribution is 2.25. The Morgan fingerprint density at radius 1 is 1.16 bits per heavy atom. The molecule has 1 amide bonds. The van der Waals surface area contributed by atoms with Gasteiger partial charge < -0.3 is 14.6 Å². The topological polar surface area (TPSA) is 60.3 Å². The van der Waals surface area contributed by atoms with Crippen LogP contribution in [0.3, 0.4) is 0 Å². The first-order valence-corrected chi connectivity index (χ1v) is 8.17. The minimum Gasteiger partial charge on any atom is -0.452 e. The van der Waals surface area contributed by atoms with Gasteiger partial charge in [-0.25, -0.2) is 4.79 Å². The molecule has 0 saturated carbocycles. The number of benzene rings is 2. The SMILES string of the molecule is Cn1cc(C(=O)OCC(=O)Nc2cc(Cl)ccc2Cl)c2ccccc21. The van der Waals surface area contributed by atoms with Crippen LogP contribution in [0.5, 0.6) is 0 Å². The van der Waals surface area contributed by atoms with Crippen molar-refractivity contribution < 1.29 is 14.3 Å². The maximum absolute atomic E-state index is 12.3. The Hall–Kier alpha value is -2.50. The van der Waals surface area contributed by atoms with Gasteiger partial charge in [-0.1, -0.05) is 41.4 Å². The summed E-state index contributed by atoms with van der Waals surface area (Å²) in [6.07, 6.45) is 1.68. The van der Waals surface area contributed by atoms with Crippen molar-refractivity contribution in [1.82, 2.24) is 4.57 Å². The highest BCUT2D eigenvalue weighted by Gasteiger charge is 2.16. The quantitative estimate of drug-likeness (QED) is 0.691. The molecule has 0 aliphatic rings. The van der Waals surface area contributed by atoms with E-state index in [1.165, 1.54) is 6.07 Å². The summed E-state index contributed by atoms with van der Waals surface area (Å²) in [5.41, 5.74) is 1.68. The Morgan fingerprint density at radius 3 is 2.72 bits per heavy atom. The van der Waals surface area contributed by atoms with Crippen LogP contribution >= 0.6 is 23.2 Å². The number of rotatable bonds is 4. The number of hydrogen-bond acceptors (Lipinski definition) is 3. The van der Waals surface area contributed by atoms with Crippen LogP contribution in [0.1, 0.15) is 10.4 Å². The van der Waals surface area contributed by atoms with Gasteiger partial charge in [0.2, 0.25) is 0 Å². The lowest BCUT2D eigenvalue weighted by Gasteiger charge is -2.08. The van der Waals surface area contributed by atoms with Gasteiger partial charge in [-0.05, 0) is 24.3 Å². The number of esters is 1. The molecule has 25 heavy (non-hydrogen) atoms. The number of carbonyl (C=O) groups excluding carboxylic acids is 2. The molecule has 0 fully saturated rings. The molecule has 0 bridgehead atoms. The van der Waals surface area contributed by atoms with Crippen molar-refractivity contribution in [2.45, 2.75) is 0 Å². The lowest BCUT2D eigenvalue weighted by atomic mass is 10.2. The number of nitrogens with one attached hydrogen (secondary N) is 1. The van der Waals surface area contributed by atoms with Gasteiger partial charge in [0.1, 0.15) is 0 Å². The monoisotopic (exact) mass is 376 g/mol. The van der Waals surface area contributed by atoms with Gasteiger partial charge in [-0.2, -0.15) is 0 Å². The smallest absolute Gasteiger partial charge is 0.340 e. The Morgan fingerprint density at radius 2 is 1.92 bits per heavy atom. The predicted molar refractivity (Wildman–Crippen MR) is 98.3 cm³/mol. The van der Waals surface area contributed by atoms with E-state index in [9.17, 15) is 9.59 Å². The predicted octanol–water partition coefficient (Wildman–Crippen LogP) is 4.28. The van der Waals surface area contributed by atoms with Crippen molar-refractivity contribution in [3.63, 3.8) is 0 Å². The van der Waals surface area contributed by atoms with Gasteiger partial charge in [-0.3, -0.25) is 4.79 Å². The lowest BCUT2D eigenvalue weighted by Crippen LogP contribution is -2.21. The summed E-state index contributed by atoms with van der Waals surface area (Å²) in [5, 5.41) is 4.12. The molecule has 0 aliphatic heterocycles. The summed E-state index contributed by atoms with van der Waals surface area (Å²) in [5.74, 6) is -1.07. The van der Waals surface area contributed by atoms with Gasteiger partial charge in [0.05, 0.1) is 16.3 Å². The highest BCUT2D eigenvalue weighted by atomic mass is 35.5. The zero-order valence-electron chi connectivity index (χ0n) is 13.3. The molecule has 0 radical (unpaired) electrons. The number of aromatic nitrogens is 1. The molecule has 0 unspecified atom stereocenters. The number of nitrogens with zero attached hydrogens (tertiary/aromatic N) is 1. The van der Waals surface area contributed by atoms with Gasteiger partial charge in [0.15, 0.2) is 6.61 Å². The second kappa shape index (κ2) is 7.17. The number of fused-ring (bicyclic) bond motifs is 1. The molecule has 0 atom stereocenters. The second-order valence-electron chi connectivity index (χ2n) is 5.42. The molecular weight excluding hydrogens is 363 g/mol. The summed E-state index contributed by atoms with van der Waals surface area (Å²) < 4.78 is 6.94. The fourth-order valence-electron chi connectivity index (χ4n) is 2.49. The Bertz CT molecular complexity index is 966. The van der Waals surface area contributed by atoms with Crippen LogP contribution in [0.15, 0.2) is 48.7 Å². The van der Waals surface area contributed by atoms with Crippen molar-refractivity contribution >= 4 is 51.7 Å². The summed E-state index contributed by atoms with van der Waals surface area (Å²) >= 11 is 11.9. The van der Waals surface area contributed by atoms with Crippen molar-refractivity contribution in [3.8, 4) is 0 Å². The van der Waals surface area contributed by atoms with E-state index in [4.69, 9.17) is 27.9 Å². The van der Waals surface area contributed by atoms with Crippen molar-refractivity contribution in [1.29, 1.82) is 0 Å². The second-order valence-corrected chi connectivity index (χ2v) is 6.26. The molecule has 5 nitrogen and oxygen atoms in total. The molecule has 0 saturated heterocycles. The van der Waals surface area contributed by atoms with Crippen LogP contribution in [0.25, 0.3) is 10.9 Å². The average molecular weight is 377 g/mol. The maximum atomic E-state index is 12.3. The van der Waals surface area contributed by atoms with Crippen molar-refractivity contribution in [2.75, 3.05) is 11.9 Å². The van der Waals surface area contributed by atoms with Gasteiger partial charge >= 0.3 is 5.97 Å². The minimum atomic E-state index is -0.566. The Labute approximate surface area is 154 Å². The van der Waals surface area contributed by atoms with E-state index in [0.717, 1.165) is 10.9 Å². The first-order chi connectivity index (χ1) is 12.0. The zero-order chi connectivity index (χ0) is 18.0. The van der Waals surface area contributed by atoms with Crippen LogP contribution in [-0.2, 0) is 16.6 Å². The molecule has 1 N–H and O–H groups in total. The molecule has 1 heterocycles. The third-order valence-electron chi connectivity index (χ3n) is 3.65. The van der Waals surface area contributed by atoms with Gasteiger partial charge in [0, 0.05) is 29.2 Å². The molecule has 3 rings (SSSR count). The fourth-order valence-corrected chi connectivity index (χ4v) is 2.83. The van der Waals surface area contributed by atoms with Crippen molar-refractivity contribution in [3.05, 3.63) is 64.3 Å². The van der Waals surface area contributed by atoms with E-state index >= 15 is 0 Å². The Balaban J connectivity index is 1.67. The molecule has 2 aromatic carbocycles. The Kier molecular flexibility index (Phi) is 4.97. The average Bonchev–Trinajstić information content (AvgIpc) is 2.93. The summed E-state index contributed by atoms with van der Waals surface area (Å²) in [7, 11) is 1.84. The van der Waals surface area contributed by atoms with E-state index in [0.29, 0.717) is 21.3 Å². The number of aryl methyl sites for hydroxylation is 1. The number of amides is 1. The van der Waals surface area contributed by atoms with Gasteiger partial charge in [-0.15, -0.1) is 0 Å². The molecular formula is C18H14Cl2N2O3. The molecule has 0 aliphatic carbocycles. The van der Waals surface area contributed by atoms with Crippen molar-refractivity contribution in [2.24, 2.45) is 7.05 Å². The minimum absolute atomic E-state index is 0.345. The third kappa shape index (κ3) is 3.78. The summed E-state index contributed by atoms with van der Waals surface area (Å²) in [4.78, 5) is 24.3. The lowest BCUT2D eigenvalue weighted by molar-refractivity contribution is -0.119. The number of hydrogen-bond donors (Lipinski definition) is 1. The summed E-state index contributed by atoms with van der Waals surface area (Å²) in [6.45, 7) is -0.426. The van der Waals surface area contributed by atoms with Crippen LogP contribution in [-0.4, -0.2) is 23.1 Å². The maximum Gasteiger partial charge on any atom is 0.340 e. The molecule has 7 heteroatoms. The molecule has 0 spiro atoms. The zero-order valence-corrected chi connectivity index (χ0v) is 14.8. The number of ether oxygens (including phenoxy) is 1. The van der Waals surface area contributed by atoms with Gasteiger partial charge in [0.25, 0.3) is 5.91 Å². The molecule has 3 aromatic rings. The first kappa shape index (κ1) is 17.3. The normalized spacial score (nSPS) is 10.7. The number of carbonyl (C=O) groups is 2. The van der Waals surface area contributed by atoms with Crippen LogP contribution in [0.2, 0.25) is 10.0 Å². The third-order valence-corrected chi connectivity index (χ3v) is 4.22. The van der Waals surface area contributed by atoms with E-state index in [-0.39, 0.29) is 0 Å². The van der Waals surface area contributed by atoms with E-state index in [1.807, 2.05) is 35.9 Å². The first-order valence-electron chi connectivity index (χ1n) is 7.42. The summed E-state index contributed by atoms with van der Waals surface area (Å²) in [6, 6.07) is 12.2. The van der Waals surface area contributed by atoms with Crippen LogP contribution in [0, 0.1) is 0 Å². The largest absolute Gasteiger partial charge is 0.452 e. The molecule has 128 valence electrons. The van der Waals surface area contributed by atoms with E-state index in [1.54, 1.807) is 18.3 Å². The number of anilines is 1. The van der Waals surface area contributed by atoms with Crippen LogP contribution in [0.4, 0.5) is 5.69 Å². The molecule has 1 aromatic heterocycles.